The second-order valence-corrected chi connectivity index (χ2v) is 9.05. The van der Waals surface area contributed by atoms with Gasteiger partial charge in [0.15, 0.2) is 5.78 Å². The van der Waals surface area contributed by atoms with Crippen LogP contribution in [-0.2, 0) is 9.59 Å². The van der Waals surface area contributed by atoms with Gasteiger partial charge in [-0.05, 0) is 35.6 Å². The number of benzene rings is 2. The van der Waals surface area contributed by atoms with E-state index in [-0.39, 0.29) is 29.4 Å². The number of hydrogen-bond donors (Lipinski definition) is 0. The number of carbonyl (C=O) groups excluding carboxylic acids is 2. The van der Waals surface area contributed by atoms with Crippen molar-refractivity contribution in [3.8, 4) is 0 Å². The lowest BCUT2D eigenvalue weighted by Crippen LogP contribution is -2.43. The molecule has 0 saturated heterocycles. The number of amides is 1. The molecule has 28 heavy (non-hydrogen) atoms. The summed E-state index contributed by atoms with van der Waals surface area (Å²) in [5.74, 6) is -0.311. The Morgan fingerprint density at radius 1 is 0.964 bits per heavy atom. The Labute approximate surface area is 174 Å². The Kier molecular flexibility index (Phi) is 4.84. The summed E-state index contributed by atoms with van der Waals surface area (Å²) in [6, 6.07) is 14.9. The zero-order valence-electron chi connectivity index (χ0n) is 15.8. The molecule has 0 aromatic heterocycles. The molecule has 2 aromatic carbocycles. The molecule has 144 valence electrons. The van der Waals surface area contributed by atoms with Gasteiger partial charge in [-0.1, -0.05) is 67.4 Å². The van der Waals surface area contributed by atoms with Gasteiger partial charge in [0.05, 0.1) is 10.0 Å². The highest BCUT2D eigenvalue weighted by molar-refractivity contribution is 6.42. The molecule has 5 heteroatoms. The third-order valence-electron chi connectivity index (χ3n) is 5.51. The Balaban J connectivity index is 1.93. The van der Waals surface area contributed by atoms with Crippen LogP contribution in [0.25, 0.3) is 0 Å². The molecule has 0 bridgehead atoms. The number of ketones is 1. The van der Waals surface area contributed by atoms with Crippen LogP contribution in [0.5, 0.6) is 0 Å². The highest BCUT2D eigenvalue weighted by atomic mass is 35.5. The van der Waals surface area contributed by atoms with Crippen LogP contribution >= 0.6 is 23.2 Å². The minimum absolute atomic E-state index is 0.0310. The molecule has 1 unspecified atom stereocenters. The van der Waals surface area contributed by atoms with Gasteiger partial charge in [0, 0.05) is 35.7 Å². The first-order chi connectivity index (χ1) is 13.3. The van der Waals surface area contributed by atoms with Crippen LogP contribution in [0.4, 0.5) is 5.69 Å². The Bertz CT molecular complexity index is 995. The van der Waals surface area contributed by atoms with E-state index >= 15 is 0 Å². The number of hydrogen-bond acceptors (Lipinski definition) is 2. The first-order valence-electron chi connectivity index (χ1n) is 9.37. The van der Waals surface area contributed by atoms with Crippen molar-refractivity contribution < 1.29 is 9.59 Å². The topological polar surface area (TPSA) is 37.4 Å². The molecule has 1 aliphatic carbocycles. The predicted octanol–water partition coefficient (Wildman–Crippen LogP) is 6.16. The second kappa shape index (κ2) is 7.06. The van der Waals surface area contributed by atoms with Gasteiger partial charge in [-0.3, -0.25) is 14.5 Å². The SMILES string of the molecule is CC1(C)CC(=O)C2=C(C1)N(c1ccccc1)C(=O)CC2c1cccc(Cl)c1Cl. The first-order valence-corrected chi connectivity index (χ1v) is 10.1. The number of carbonyl (C=O) groups is 2. The van der Waals surface area contributed by atoms with Gasteiger partial charge in [-0.2, -0.15) is 0 Å². The number of allylic oxidation sites excluding steroid dienone is 2. The predicted molar refractivity (Wildman–Crippen MR) is 113 cm³/mol. The zero-order chi connectivity index (χ0) is 20.1. The lowest BCUT2D eigenvalue weighted by Gasteiger charge is -2.43. The van der Waals surface area contributed by atoms with E-state index in [4.69, 9.17) is 23.2 Å². The lowest BCUT2D eigenvalue weighted by molar-refractivity contribution is -0.121. The molecule has 1 atom stereocenters. The number of Topliss-reactive ketones (excluding diaryl/α,β-unsaturated/α-hetero) is 1. The van der Waals surface area contributed by atoms with Crippen molar-refractivity contribution in [3.05, 3.63) is 75.4 Å². The molecule has 0 spiro atoms. The van der Waals surface area contributed by atoms with E-state index in [0.29, 0.717) is 28.5 Å². The maximum absolute atomic E-state index is 13.3. The third-order valence-corrected chi connectivity index (χ3v) is 6.35. The van der Waals surface area contributed by atoms with Crippen molar-refractivity contribution in [1.29, 1.82) is 0 Å². The summed E-state index contributed by atoms with van der Waals surface area (Å²) in [4.78, 5) is 28.2. The van der Waals surface area contributed by atoms with E-state index in [1.54, 1.807) is 11.0 Å². The third kappa shape index (κ3) is 3.27. The summed E-state index contributed by atoms with van der Waals surface area (Å²) in [6.45, 7) is 4.14. The van der Waals surface area contributed by atoms with Gasteiger partial charge in [0.2, 0.25) is 5.91 Å². The van der Waals surface area contributed by atoms with Gasteiger partial charge in [-0.25, -0.2) is 0 Å². The maximum Gasteiger partial charge on any atom is 0.232 e. The normalized spacial score (nSPS) is 21.7. The first kappa shape index (κ1) is 19.2. The second-order valence-electron chi connectivity index (χ2n) is 8.27. The number of rotatable bonds is 2. The van der Waals surface area contributed by atoms with Crippen LogP contribution in [0.15, 0.2) is 59.8 Å². The largest absolute Gasteiger partial charge is 0.294 e. The highest BCUT2D eigenvalue weighted by Crippen LogP contribution is 2.49. The molecule has 1 aliphatic heterocycles. The van der Waals surface area contributed by atoms with E-state index in [1.165, 1.54) is 0 Å². The number of anilines is 1. The van der Waals surface area contributed by atoms with E-state index in [2.05, 4.69) is 13.8 Å². The molecule has 4 rings (SSSR count). The monoisotopic (exact) mass is 413 g/mol. The molecule has 1 heterocycles. The van der Waals surface area contributed by atoms with Crippen molar-refractivity contribution in [2.75, 3.05) is 4.90 Å². The van der Waals surface area contributed by atoms with Crippen molar-refractivity contribution in [3.63, 3.8) is 0 Å². The molecule has 0 saturated carbocycles. The molecule has 0 N–H and O–H groups in total. The molecule has 2 aromatic rings. The maximum atomic E-state index is 13.3. The van der Waals surface area contributed by atoms with E-state index in [9.17, 15) is 9.59 Å². The molecule has 2 aliphatic rings. The fraction of sp³-hybridized carbons (Fsp3) is 0.304. The lowest BCUT2D eigenvalue weighted by atomic mass is 9.69. The van der Waals surface area contributed by atoms with Gasteiger partial charge in [0.25, 0.3) is 0 Å². The summed E-state index contributed by atoms with van der Waals surface area (Å²) in [5, 5.41) is 0.849. The average Bonchev–Trinajstić information content (AvgIpc) is 2.63. The molecular formula is C23H21Cl2NO2. The summed E-state index contributed by atoms with van der Waals surface area (Å²) in [5.41, 5.74) is 2.83. The Morgan fingerprint density at radius 2 is 1.68 bits per heavy atom. The van der Waals surface area contributed by atoms with Gasteiger partial charge >= 0.3 is 0 Å². The van der Waals surface area contributed by atoms with Crippen LogP contribution < -0.4 is 4.90 Å². The molecule has 0 radical (unpaired) electrons. The summed E-state index contributed by atoms with van der Waals surface area (Å²) in [7, 11) is 0. The Morgan fingerprint density at radius 3 is 2.39 bits per heavy atom. The van der Waals surface area contributed by atoms with E-state index in [1.807, 2.05) is 42.5 Å². The van der Waals surface area contributed by atoms with E-state index in [0.717, 1.165) is 16.9 Å². The van der Waals surface area contributed by atoms with Crippen LogP contribution in [0.3, 0.4) is 0 Å². The van der Waals surface area contributed by atoms with Gasteiger partial charge in [0.1, 0.15) is 0 Å². The fourth-order valence-electron chi connectivity index (χ4n) is 4.35. The van der Waals surface area contributed by atoms with Crippen LogP contribution in [0.1, 0.15) is 44.6 Å². The quantitative estimate of drug-likeness (QED) is 0.591. The molecule has 3 nitrogen and oxygen atoms in total. The van der Waals surface area contributed by atoms with Crippen molar-refractivity contribution in [2.45, 2.75) is 39.0 Å². The molecule has 0 fully saturated rings. The number of nitrogens with zero attached hydrogens (tertiary/aromatic N) is 1. The standard InChI is InChI=1S/C23H21Cl2NO2/c1-23(2)12-18-21(19(27)13-23)16(15-9-6-10-17(24)22(15)25)11-20(28)26(18)14-7-4-3-5-8-14/h3-10,16H,11-13H2,1-2H3. The molecule has 1 amide bonds. The molecular weight excluding hydrogens is 393 g/mol. The van der Waals surface area contributed by atoms with Crippen molar-refractivity contribution >= 4 is 40.6 Å². The van der Waals surface area contributed by atoms with Crippen LogP contribution in [0, 0.1) is 5.41 Å². The Hall–Kier alpha value is -2.10. The zero-order valence-corrected chi connectivity index (χ0v) is 17.3. The summed E-state index contributed by atoms with van der Waals surface area (Å²) >= 11 is 12.7. The summed E-state index contributed by atoms with van der Waals surface area (Å²) in [6.07, 6.45) is 1.31. The van der Waals surface area contributed by atoms with Crippen LogP contribution in [-0.4, -0.2) is 11.7 Å². The number of para-hydroxylation sites is 1. The van der Waals surface area contributed by atoms with Crippen LogP contribution in [0.2, 0.25) is 10.0 Å². The summed E-state index contributed by atoms with van der Waals surface area (Å²) < 4.78 is 0. The van der Waals surface area contributed by atoms with E-state index < -0.39 is 0 Å². The fourth-order valence-corrected chi connectivity index (χ4v) is 4.79. The minimum Gasteiger partial charge on any atom is -0.294 e. The van der Waals surface area contributed by atoms with Gasteiger partial charge in [-0.15, -0.1) is 0 Å². The van der Waals surface area contributed by atoms with Gasteiger partial charge < -0.3 is 0 Å². The number of halogens is 2. The average molecular weight is 414 g/mol. The van der Waals surface area contributed by atoms with Crippen molar-refractivity contribution in [1.82, 2.24) is 0 Å². The van der Waals surface area contributed by atoms with Crippen molar-refractivity contribution in [2.24, 2.45) is 5.41 Å². The highest BCUT2D eigenvalue weighted by Gasteiger charge is 2.44. The minimum atomic E-state index is -0.364. The smallest absolute Gasteiger partial charge is 0.232 e.